The molecule has 0 saturated heterocycles. The van der Waals surface area contributed by atoms with Crippen LogP contribution in [0.5, 0.6) is 5.75 Å². The van der Waals surface area contributed by atoms with Gasteiger partial charge in [0, 0.05) is 5.02 Å². The normalized spacial score (nSPS) is 10.8. The van der Waals surface area contributed by atoms with Crippen LogP contribution in [-0.2, 0) is 13.2 Å². The van der Waals surface area contributed by atoms with E-state index >= 15 is 0 Å². The van der Waals surface area contributed by atoms with Gasteiger partial charge in [0.25, 0.3) is 5.91 Å². The van der Waals surface area contributed by atoms with Crippen molar-refractivity contribution in [3.05, 3.63) is 94.2 Å². The van der Waals surface area contributed by atoms with Crippen molar-refractivity contribution in [3.8, 4) is 5.75 Å². The van der Waals surface area contributed by atoms with Gasteiger partial charge in [-0.2, -0.15) is 0 Å². The number of carbonyl (C=O) groups is 1. The van der Waals surface area contributed by atoms with Gasteiger partial charge in [0.1, 0.15) is 24.4 Å². The van der Waals surface area contributed by atoms with E-state index in [2.05, 4.69) is 15.4 Å². The molecule has 2 aromatic carbocycles. The molecular formula is C23H21ClN4O3. The standard InChI is InChI=1S/C23H21ClN4O3/c1-15-3-4-16(2)21(11-15)30-13-19-9-10-20(31-19)22(29)26-23-25-14-28(27-23)12-17-5-7-18(24)8-6-17/h3-11,14H,12-13H2,1-2H3,(H,26,27,29). The molecule has 2 aromatic heterocycles. The number of rotatable bonds is 7. The summed E-state index contributed by atoms with van der Waals surface area (Å²) in [7, 11) is 0. The third-order valence-corrected chi connectivity index (χ3v) is 4.87. The SMILES string of the molecule is Cc1ccc(C)c(OCc2ccc(C(=O)Nc3ncn(Cc4ccc(Cl)cc4)n3)o2)c1. The molecule has 0 aliphatic carbocycles. The average Bonchev–Trinajstić information content (AvgIpc) is 3.40. The number of nitrogens with zero attached hydrogens (tertiary/aromatic N) is 3. The second-order valence-corrected chi connectivity index (χ2v) is 7.61. The van der Waals surface area contributed by atoms with Crippen LogP contribution in [0, 0.1) is 13.8 Å². The molecule has 7 nitrogen and oxygen atoms in total. The van der Waals surface area contributed by atoms with Crippen molar-refractivity contribution in [2.75, 3.05) is 5.32 Å². The highest BCUT2D eigenvalue weighted by atomic mass is 35.5. The molecule has 0 unspecified atom stereocenters. The van der Waals surface area contributed by atoms with Crippen LogP contribution < -0.4 is 10.1 Å². The number of halogens is 1. The number of furan rings is 1. The molecule has 4 aromatic rings. The summed E-state index contributed by atoms with van der Waals surface area (Å²) in [5.74, 6) is 1.27. The number of amides is 1. The van der Waals surface area contributed by atoms with Crippen LogP contribution in [0.15, 0.2) is 65.3 Å². The number of aromatic nitrogens is 3. The number of ether oxygens (including phenoxy) is 1. The molecule has 1 amide bonds. The molecule has 0 fully saturated rings. The second-order valence-electron chi connectivity index (χ2n) is 7.17. The minimum absolute atomic E-state index is 0.161. The lowest BCUT2D eigenvalue weighted by molar-refractivity contribution is 0.0991. The fourth-order valence-electron chi connectivity index (χ4n) is 2.96. The molecule has 4 rings (SSSR count). The fourth-order valence-corrected chi connectivity index (χ4v) is 3.08. The topological polar surface area (TPSA) is 82.2 Å². The Morgan fingerprint density at radius 1 is 1.13 bits per heavy atom. The molecule has 1 N–H and O–H groups in total. The van der Waals surface area contributed by atoms with Gasteiger partial charge in [0.05, 0.1) is 6.54 Å². The lowest BCUT2D eigenvalue weighted by atomic mass is 10.1. The van der Waals surface area contributed by atoms with Crippen LogP contribution in [-0.4, -0.2) is 20.7 Å². The maximum atomic E-state index is 12.5. The van der Waals surface area contributed by atoms with Gasteiger partial charge in [0.15, 0.2) is 5.76 Å². The lowest BCUT2D eigenvalue weighted by Gasteiger charge is -2.08. The number of anilines is 1. The number of carbonyl (C=O) groups excluding carboxylic acids is 1. The first-order valence-electron chi connectivity index (χ1n) is 9.70. The van der Waals surface area contributed by atoms with Gasteiger partial charge >= 0.3 is 0 Å². The van der Waals surface area contributed by atoms with Crippen molar-refractivity contribution in [1.29, 1.82) is 0 Å². The summed E-state index contributed by atoms with van der Waals surface area (Å²) >= 11 is 5.90. The zero-order valence-electron chi connectivity index (χ0n) is 17.1. The van der Waals surface area contributed by atoms with E-state index in [-0.39, 0.29) is 18.3 Å². The summed E-state index contributed by atoms with van der Waals surface area (Å²) in [4.78, 5) is 16.6. The van der Waals surface area contributed by atoms with E-state index in [1.54, 1.807) is 23.1 Å². The number of hydrogen-bond donors (Lipinski definition) is 1. The van der Waals surface area contributed by atoms with Crippen LogP contribution >= 0.6 is 11.6 Å². The molecule has 8 heteroatoms. The minimum Gasteiger partial charge on any atom is -0.485 e. The molecule has 2 heterocycles. The van der Waals surface area contributed by atoms with Gasteiger partial charge in [-0.25, -0.2) is 9.67 Å². The molecule has 0 spiro atoms. The van der Waals surface area contributed by atoms with Crippen molar-refractivity contribution in [2.24, 2.45) is 0 Å². The Labute approximate surface area is 184 Å². The van der Waals surface area contributed by atoms with Gasteiger partial charge in [0.2, 0.25) is 5.95 Å². The third-order valence-electron chi connectivity index (χ3n) is 4.62. The van der Waals surface area contributed by atoms with Crippen molar-refractivity contribution in [2.45, 2.75) is 27.0 Å². The van der Waals surface area contributed by atoms with Crippen molar-refractivity contribution >= 4 is 23.5 Å². The highest BCUT2D eigenvalue weighted by molar-refractivity contribution is 6.30. The Morgan fingerprint density at radius 2 is 1.94 bits per heavy atom. The van der Waals surface area contributed by atoms with Gasteiger partial charge in [-0.15, -0.1) is 5.10 Å². The number of aryl methyl sites for hydroxylation is 2. The summed E-state index contributed by atoms with van der Waals surface area (Å²) in [6.45, 7) is 4.73. The van der Waals surface area contributed by atoms with Crippen LogP contribution in [0.25, 0.3) is 0 Å². The van der Waals surface area contributed by atoms with Crippen LogP contribution in [0.3, 0.4) is 0 Å². The fraction of sp³-hybridized carbons (Fsp3) is 0.174. The first kappa shape index (κ1) is 20.7. The van der Waals surface area contributed by atoms with E-state index in [0.717, 1.165) is 22.4 Å². The Hall–Kier alpha value is -3.58. The van der Waals surface area contributed by atoms with E-state index in [9.17, 15) is 4.79 Å². The van der Waals surface area contributed by atoms with Gasteiger partial charge in [-0.05, 0) is 60.9 Å². The molecule has 0 bridgehead atoms. The van der Waals surface area contributed by atoms with Crippen LogP contribution in [0.4, 0.5) is 5.95 Å². The predicted molar refractivity (Wildman–Crippen MR) is 117 cm³/mol. The first-order chi connectivity index (χ1) is 15.0. The summed E-state index contributed by atoms with van der Waals surface area (Å²) < 4.78 is 13.1. The van der Waals surface area contributed by atoms with E-state index in [1.807, 2.05) is 56.3 Å². The van der Waals surface area contributed by atoms with E-state index in [0.29, 0.717) is 17.3 Å². The molecule has 31 heavy (non-hydrogen) atoms. The molecule has 0 saturated carbocycles. The Morgan fingerprint density at radius 3 is 2.74 bits per heavy atom. The summed E-state index contributed by atoms with van der Waals surface area (Å²) in [5, 5.41) is 7.58. The maximum Gasteiger partial charge on any atom is 0.293 e. The van der Waals surface area contributed by atoms with Gasteiger partial charge < -0.3 is 9.15 Å². The van der Waals surface area contributed by atoms with Crippen molar-refractivity contribution in [1.82, 2.24) is 14.8 Å². The Bertz CT molecular complexity index is 1200. The Kier molecular flexibility index (Phi) is 6.04. The molecule has 158 valence electrons. The smallest absolute Gasteiger partial charge is 0.293 e. The van der Waals surface area contributed by atoms with Crippen LogP contribution in [0.2, 0.25) is 5.02 Å². The number of hydrogen-bond acceptors (Lipinski definition) is 5. The minimum atomic E-state index is -0.428. The van der Waals surface area contributed by atoms with Crippen molar-refractivity contribution in [3.63, 3.8) is 0 Å². The molecule has 0 aliphatic heterocycles. The largest absolute Gasteiger partial charge is 0.485 e. The second kappa shape index (κ2) is 9.06. The monoisotopic (exact) mass is 436 g/mol. The predicted octanol–water partition coefficient (Wildman–Crippen LogP) is 5.02. The van der Waals surface area contributed by atoms with Crippen molar-refractivity contribution < 1.29 is 13.9 Å². The average molecular weight is 437 g/mol. The zero-order chi connectivity index (χ0) is 21.8. The van der Waals surface area contributed by atoms with Crippen LogP contribution in [0.1, 0.15) is 33.0 Å². The summed E-state index contributed by atoms with van der Waals surface area (Å²) in [5.41, 5.74) is 3.17. The zero-order valence-corrected chi connectivity index (χ0v) is 17.9. The lowest BCUT2D eigenvalue weighted by Crippen LogP contribution is -2.12. The van der Waals surface area contributed by atoms with E-state index in [4.69, 9.17) is 20.8 Å². The van der Waals surface area contributed by atoms with Gasteiger partial charge in [-0.3, -0.25) is 10.1 Å². The van der Waals surface area contributed by atoms with Gasteiger partial charge in [-0.1, -0.05) is 35.9 Å². The Balaban J connectivity index is 1.34. The summed E-state index contributed by atoms with van der Waals surface area (Å²) in [6.07, 6.45) is 1.55. The molecule has 0 radical (unpaired) electrons. The quantitative estimate of drug-likeness (QED) is 0.439. The highest BCUT2D eigenvalue weighted by Crippen LogP contribution is 2.21. The van der Waals surface area contributed by atoms with E-state index in [1.165, 1.54) is 0 Å². The molecular weight excluding hydrogens is 416 g/mol. The number of nitrogens with one attached hydrogen (secondary N) is 1. The highest BCUT2D eigenvalue weighted by Gasteiger charge is 2.14. The first-order valence-corrected chi connectivity index (χ1v) is 10.1. The van der Waals surface area contributed by atoms with E-state index < -0.39 is 5.91 Å². The molecule has 0 aliphatic rings. The number of benzene rings is 2. The maximum absolute atomic E-state index is 12.5. The third kappa shape index (κ3) is 5.32. The molecule has 0 atom stereocenters. The summed E-state index contributed by atoms with van der Waals surface area (Å²) in [6, 6.07) is 16.8.